The number of amides is 1. The van der Waals surface area contributed by atoms with Crippen molar-refractivity contribution < 1.29 is 18.7 Å². The zero-order valence-corrected chi connectivity index (χ0v) is 17.6. The van der Waals surface area contributed by atoms with Crippen LogP contribution in [0.15, 0.2) is 27.8 Å². The van der Waals surface area contributed by atoms with Crippen molar-refractivity contribution >= 4 is 12.1 Å². The van der Waals surface area contributed by atoms with Crippen LogP contribution in [-0.2, 0) is 16.1 Å². The van der Waals surface area contributed by atoms with Crippen LogP contribution in [0.1, 0.15) is 46.3 Å². The maximum Gasteiger partial charge on any atom is 0.407 e. The third kappa shape index (κ3) is 11.5. The first kappa shape index (κ1) is 23.8. The van der Waals surface area contributed by atoms with Gasteiger partial charge >= 0.3 is 6.09 Å². The molecule has 0 saturated heterocycles. The summed E-state index contributed by atoms with van der Waals surface area (Å²) in [7, 11) is 0. The summed E-state index contributed by atoms with van der Waals surface area (Å²) in [6.07, 6.45) is 2.93. The van der Waals surface area contributed by atoms with E-state index in [1.807, 2.05) is 19.1 Å². The van der Waals surface area contributed by atoms with Gasteiger partial charge in [-0.3, -0.25) is 4.99 Å². The van der Waals surface area contributed by atoms with Gasteiger partial charge in [0.15, 0.2) is 5.96 Å². The fraction of sp³-hybridized carbons (Fsp3) is 0.700. The second-order valence-corrected chi connectivity index (χ2v) is 6.82. The molecular formula is C20H36N4O4. The Morgan fingerprint density at radius 3 is 2.75 bits per heavy atom. The van der Waals surface area contributed by atoms with E-state index in [0.29, 0.717) is 32.3 Å². The number of carbonyl (C=O) groups excluding carboxylic acids is 1. The Kier molecular flexibility index (Phi) is 12.6. The molecule has 0 aliphatic rings. The number of nitrogens with zero attached hydrogens (tertiary/aromatic N) is 1. The van der Waals surface area contributed by atoms with Crippen LogP contribution < -0.4 is 16.0 Å². The second kappa shape index (κ2) is 14.8. The van der Waals surface area contributed by atoms with Gasteiger partial charge in [-0.1, -0.05) is 13.8 Å². The molecule has 0 saturated carbocycles. The van der Waals surface area contributed by atoms with Crippen LogP contribution in [0.3, 0.4) is 0 Å². The molecule has 1 aromatic rings. The zero-order valence-electron chi connectivity index (χ0n) is 17.6. The quantitative estimate of drug-likeness (QED) is 0.269. The highest BCUT2D eigenvalue weighted by Gasteiger charge is 2.14. The smallest absolute Gasteiger partial charge is 0.407 e. The largest absolute Gasteiger partial charge is 0.467 e. The third-order valence-corrected chi connectivity index (χ3v) is 3.75. The molecule has 1 amide bonds. The molecule has 1 atom stereocenters. The fourth-order valence-electron chi connectivity index (χ4n) is 2.58. The maximum atomic E-state index is 11.7. The number of aliphatic imine (C=N–C) groups is 1. The van der Waals surface area contributed by atoms with Gasteiger partial charge < -0.3 is 29.8 Å². The van der Waals surface area contributed by atoms with E-state index in [1.54, 1.807) is 13.2 Å². The summed E-state index contributed by atoms with van der Waals surface area (Å²) in [6.45, 7) is 11.5. The van der Waals surface area contributed by atoms with E-state index in [4.69, 9.17) is 13.9 Å². The molecule has 8 heteroatoms. The van der Waals surface area contributed by atoms with Gasteiger partial charge in [-0.05, 0) is 44.7 Å². The van der Waals surface area contributed by atoms with Gasteiger partial charge in [-0.2, -0.15) is 0 Å². The lowest BCUT2D eigenvalue weighted by Crippen LogP contribution is -2.42. The van der Waals surface area contributed by atoms with Crippen LogP contribution >= 0.6 is 0 Å². The molecule has 3 N–H and O–H groups in total. The van der Waals surface area contributed by atoms with E-state index in [-0.39, 0.29) is 6.04 Å². The third-order valence-electron chi connectivity index (χ3n) is 3.75. The minimum absolute atomic E-state index is 0.0638. The number of furan rings is 1. The first-order valence-corrected chi connectivity index (χ1v) is 10.1. The minimum atomic E-state index is -0.394. The van der Waals surface area contributed by atoms with Gasteiger partial charge in [0, 0.05) is 19.7 Å². The van der Waals surface area contributed by atoms with Gasteiger partial charge in [0.05, 0.1) is 25.5 Å². The Morgan fingerprint density at radius 2 is 2.11 bits per heavy atom. The molecule has 0 aromatic carbocycles. The molecule has 0 aliphatic heterocycles. The molecule has 0 fully saturated rings. The van der Waals surface area contributed by atoms with Crippen molar-refractivity contribution in [2.24, 2.45) is 10.9 Å². The highest BCUT2D eigenvalue weighted by atomic mass is 16.5. The average molecular weight is 397 g/mol. The summed E-state index contributed by atoms with van der Waals surface area (Å²) in [4.78, 5) is 16.3. The highest BCUT2D eigenvalue weighted by molar-refractivity contribution is 5.79. The van der Waals surface area contributed by atoms with E-state index < -0.39 is 6.09 Å². The molecule has 0 aliphatic carbocycles. The van der Waals surface area contributed by atoms with E-state index in [1.165, 1.54) is 0 Å². The number of hydrogen-bond acceptors (Lipinski definition) is 5. The number of ether oxygens (including phenoxy) is 2. The van der Waals surface area contributed by atoms with Crippen molar-refractivity contribution in [1.82, 2.24) is 16.0 Å². The van der Waals surface area contributed by atoms with Crippen molar-refractivity contribution in [3.63, 3.8) is 0 Å². The lowest BCUT2D eigenvalue weighted by Gasteiger charge is -2.19. The summed E-state index contributed by atoms with van der Waals surface area (Å²) < 4.78 is 15.8. The highest BCUT2D eigenvalue weighted by Crippen LogP contribution is 2.06. The first-order chi connectivity index (χ1) is 13.5. The van der Waals surface area contributed by atoms with Crippen molar-refractivity contribution in [2.45, 2.75) is 53.2 Å². The lowest BCUT2D eigenvalue weighted by atomic mass is 10.0. The fourth-order valence-corrected chi connectivity index (χ4v) is 2.58. The molecule has 1 heterocycles. The number of alkyl carbamates (subject to hydrolysis) is 1. The SMILES string of the molecule is CCNC(=NCC(CC(C)C)NC(=O)OCC)NCCCOCc1ccco1. The summed E-state index contributed by atoms with van der Waals surface area (Å²) in [5, 5.41) is 9.41. The average Bonchev–Trinajstić information content (AvgIpc) is 3.15. The van der Waals surface area contributed by atoms with E-state index >= 15 is 0 Å². The molecule has 1 rings (SSSR count). The first-order valence-electron chi connectivity index (χ1n) is 10.1. The summed E-state index contributed by atoms with van der Waals surface area (Å²) in [6, 6.07) is 3.68. The van der Waals surface area contributed by atoms with Gasteiger partial charge in [0.25, 0.3) is 0 Å². The van der Waals surface area contributed by atoms with Crippen molar-refractivity contribution in [1.29, 1.82) is 0 Å². The van der Waals surface area contributed by atoms with Gasteiger partial charge in [0.1, 0.15) is 12.4 Å². The summed E-state index contributed by atoms with van der Waals surface area (Å²) >= 11 is 0. The summed E-state index contributed by atoms with van der Waals surface area (Å²) in [5.41, 5.74) is 0. The van der Waals surface area contributed by atoms with Crippen LogP contribution in [-0.4, -0.2) is 50.9 Å². The normalized spacial score (nSPS) is 12.7. The minimum Gasteiger partial charge on any atom is -0.467 e. The number of carbonyl (C=O) groups is 1. The van der Waals surface area contributed by atoms with Crippen LogP contribution in [0.25, 0.3) is 0 Å². The predicted octanol–water partition coefficient (Wildman–Crippen LogP) is 2.90. The van der Waals surface area contributed by atoms with Crippen LogP contribution in [0.4, 0.5) is 4.79 Å². The molecular weight excluding hydrogens is 360 g/mol. The van der Waals surface area contributed by atoms with Crippen molar-refractivity contribution in [2.75, 3.05) is 32.8 Å². The van der Waals surface area contributed by atoms with Gasteiger partial charge in [-0.25, -0.2) is 4.79 Å². The molecule has 8 nitrogen and oxygen atoms in total. The molecule has 0 bridgehead atoms. The van der Waals surface area contributed by atoms with Crippen molar-refractivity contribution in [3.05, 3.63) is 24.2 Å². The Balaban J connectivity index is 2.38. The molecule has 1 unspecified atom stereocenters. The Hall–Kier alpha value is -2.22. The van der Waals surface area contributed by atoms with Crippen LogP contribution in [0, 0.1) is 5.92 Å². The van der Waals surface area contributed by atoms with Crippen LogP contribution in [0.5, 0.6) is 0 Å². The molecule has 28 heavy (non-hydrogen) atoms. The Bertz CT molecular complexity index is 546. The van der Waals surface area contributed by atoms with Gasteiger partial charge in [0.2, 0.25) is 0 Å². The van der Waals surface area contributed by atoms with Gasteiger partial charge in [-0.15, -0.1) is 0 Å². The number of hydrogen-bond donors (Lipinski definition) is 3. The maximum absolute atomic E-state index is 11.7. The zero-order chi connectivity index (χ0) is 20.6. The number of nitrogens with one attached hydrogen (secondary N) is 3. The topological polar surface area (TPSA) is 97.1 Å². The number of guanidine groups is 1. The predicted molar refractivity (Wildman–Crippen MR) is 110 cm³/mol. The van der Waals surface area contributed by atoms with Crippen LogP contribution in [0.2, 0.25) is 0 Å². The second-order valence-electron chi connectivity index (χ2n) is 6.82. The van der Waals surface area contributed by atoms with E-state index in [9.17, 15) is 4.79 Å². The molecule has 160 valence electrons. The lowest BCUT2D eigenvalue weighted by molar-refractivity contribution is 0.105. The molecule has 0 spiro atoms. The molecule has 0 radical (unpaired) electrons. The summed E-state index contributed by atoms with van der Waals surface area (Å²) in [5.74, 6) is 2.00. The van der Waals surface area contributed by atoms with E-state index in [0.717, 1.165) is 37.7 Å². The Morgan fingerprint density at radius 1 is 1.29 bits per heavy atom. The monoisotopic (exact) mass is 396 g/mol. The number of rotatable bonds is 13. The standard InChI is InChI=1S/C20H36N4O4/c1-5-21-19(22-10-8-11-26-15-18-9-7-12-28-18)23-14-17(13-16(3)4)24-20(25)27-6-2/h7,9,12,16-17H,5-6,8,10-11,13-15H2,1-4H3,(H,24,25)(H2,21,22,23). The Labute approximate surface area is 168 Å². The van der Waals surface area contributed by atoms with E-state index in [2.05, 4.69) is 34.8 Å². The molecule has 1 aromatic heterocycles. The van der Waals surface area contributed by atoms with Crippen molar-refractivity contribution in [3.8, 4) is 0 Å².